The van der Waals surface area contributed by atoms with E-state index in [4.69, 9.17) is 22.1 Å². The molecule has 2 amide bonds. The van der Waals surface area contributed by atoms with Crippen molar-refractivity contribution in [3.05, 3.63) is 45.2 Å². The molecule has 0 unspecified atom stereocenters. The summed E-state index contributed by atoms with van der Waals surface area (Å²) >= 11 is 9.33. The summed E-state index contributed by atoms with van der Waals surface area (Å²) in [5.41, 5.74) is 8.54. The predicted octanol–water partition coefficient (Wildman–Crippen LogP) is 2.40. The average molecular weight is 531 g/mol. The molecule has 176 valence electrons. The number of aldehydes is 1. The maximum absolute atomic E-state index is 12.1. The lowest BCUT2D eigenvalue weighted by molar-refractivity contribution is -0.121. The Hall–Kier alpha value is -2.27. The van der Waals surface area contributed by atoms with Crippen molar-refractivity contribution in [2.75, 3.05) is 26.3 Å². The smallest absolute Gasteiger partial charge is 0.258 e. The van der Waals surface area contributed by atoms with Gasteiger partial charge in [0.1, 0.15) is 11.5 Å². The Kier molecular flexibility index (Phi) is 13.5. The number of carbonyl (C=O) groups excluding carboxylic acids is 3. The standard InChI is InChI=1S/C13H11BrClN3O2.C5H9NO2.C3H9N/c14-10-6-5-8(7-19)17-18-12(10)16-13(20)9-3-1-2-4-11(9)15;7-5-6-1-3-8-4-2-6;1-3(2)4/h1-4,7,18H,5-6H2,(H,16,20);5H,1-4H2;3H,4H2,1-2H3. The summed E-state index contributed by atoms with van der Waals surface area (Å²) in [6.07, 6.45) is 2.62. The Bertz CT molecular complexity index is 823. The van der Waals surface area contributed by atoms with E-state index >= 15 is 0 Å². The maximum atomic E-state index is 12.1. The first-order chi connectivity index (χ1) is 15.3. The van der Waals surface area contributed by atoms with Gasteiger partial charge in [0, 0.05) is 17.6 Å². The Labute approximate surface area is 201 Å². The van der Waals surface area contributed by atoms with Gasteiger partial charge < -0.3 is 20.7 Å². The molecule has 1 saturated heterocycles. The van der Waals surface area contributed by atoms with Crippen LogP contribution in [-0.2, 0) is 14.3 Å². The quantitative estimate of drug-likeness (QED) is 0.513. The highest BCUT2D eigenvalue weighted by atomic mass is 79.9. The fourth-order valence-corrected chi connectivity index (χ4v) is 2.90. The van der Waals surface area contributed by atoms with Gasteiger partial charge in [-0.25, -0.2) is 0 Å². The molecule has 0 saturated carbocycles. The number of benzene rings is 1. The van der Waals surface area contributed by atoms with Crippen molar-refractivity contribution in [1.82, 2.24) is 15.6 Å². The van der Waals surface area contributed by atoms with E-state index in [1.165, 1.54) is 0 Å². The van der Waals surface area contributed by atoms with Crippen molar-refractivity contribution < 1.29 is 19.1 Å². The van der Waals surface area contributed by atoms with Gasteiger partial charge in [-0.2, -0.15) is 5.10 Å². The molecule has 2 aliphatic rings. The van der Waals surface area contributed by atoms with Crippen molar-refractivity contribution >= 4 is 51.8 Å². The SMILES string of the molecule is CC(C)N.O=CC1=NNC(NC(=O)c2ccccc2Cl)=C(Br)CC1.O=CN1CCOCC1. The first kappa shape index (κ1) is 27.8. The van der Waals surface area contributed by atoms with Gasteiger partial charge in [-0.05, 0) is 31.0 Å². The number of hydrazone groups is 1. The van der Waals surface area contributed by atoms with E-state index in [2.05, 4.69) is 31.8 Å². The lowest BCUT2D eigenvalue weighted by Crippen LogP contribution is -2.34. The number of amides is 2. The normalized spacial score (nSPS) is 15.7. The van der Waals surface area contributed by atoms with Crippen LogP contribution in [0.5, 0.6) is 0 Å². The molecule has 4 N–H and O–H groups in total. The van der Waals surface area contributed by atoms with E-state index in [1.807, 2.05) is 13.8 Å². The summed E-state index contributed by atoms with van der Waals surface area (Å²) < 4.78 is 5.74. The monoisotopic (exact) mass is 529 g/mol. The minimum absolute atomic E-state index is 0.333. The first-order valence-corrected chi connectivity index (χ1v) is 11.2. The maximum Gasteiger partial charge on any atom is 0.258 e. The largest absolute Gasteiger partial charge is 0.378 e. The number of carbonyl (C=O) groups is 3. The Morgan fingerprint density at radius 3 is 2.44 bits per heavy atom. The van der Waals surface area contributed by atoms with Crippen molar-refractivity contribution in [3.63, 3.8) is 0 Å². The third-order valence-corrected chi connectivity index (χ3v) is 4.99. The molecular weight excluding hydrogens is 502 g/mol. The summed E-state index contributed by atoms with van der Waals surface area (Å²) in [5, 5.41) is 6.96. The van der Waals surface area contributed by atoms with Crippen molar-refractivity contribution in [3.8, 4) is 0 Å². The van der Waals surface area contributed by atoms with Gasteiger partial charge >= 0.3 is 0 Å². The molecule has 0 aliphatic carbocycles. The van der Waals surface area contributed by atoms with Crippen LogP contribution in [0.15, 0.2) is 39.7 Å². The molecule has 0 radical (unpaired) electrons. The van der Waals surface area contributed by atoms with Gasteiger partial charge in [-0.15, -0.1) is 0 Å². The third-order valence-electron chi connectivity index (χ3n) is 3.87. The topological polar surface area (TPSA) is 126 Å². The van der Waals surface area contributed by atoms with Crippen LogP contribution in [0.4, 0.5) is 0 Å². The lowest BCUT2D eigenvalue weighted by atomic mass is 10.2. The summed E-state index contributed by atoms with van der Waals surface area (Å²) in [4.78, 5) is 34.6. The zero-order valence-electron chi connectivity index (χ0n) is 18.1. The summed E-state index contributed by atoms with van der Waals surface area (Å²) in [7, 11) is 0. The number of nitrogens with one attached hydrogen (secondary N) is 2. The van der Waals surface area contributed by atoms with E-state index in [0.29, 0.717) is 60.5 Å². The lowest BCUT2D eigenvalue weighted by Gasteiger charge is -2.21. The van der Waals surface area contributed by atoms with Gasteiger partial charge in [0.15, 0.2) is 6.29 Å². The van der Waals surface area contributed by atoms with Crippen LogP contribution in [0.25, 0.3) is 0 Å². The van der Waals surface area contributed by atoms with Gasteiger partial charge in [0.25, 0.3) is 5.91 Å². The molecule has 1 fully saturated rings. The third kappa shape index (κ3) is 10.9. The minimum Gasteiger partial charge on any atom is -0.378 e. The number of rotatable bonds is 4. The highest BCUT2D eigenvalue weighted by Gasteiger charge is 2.16. The molecule has 11 heteroatoms. The molecule has 3 rings (SSSR count). The molecule has 0 bridgehead atoms. The van der Waals surface area contributed by atoms with Crippen LogP contribution in [-0.4, -0.2) is 61.6 Å². The predicted molar refractivity (Wildman–Crippen MR) is 129 cm³/mol. The second kappa shape index (κ2) is 15.5. The van der Waals surface area contributed by atoms with E-state index in [9.17, 15) is 14.4 Å². The summed E-state index contributed by atoms with van der Waals surface area (Å²) in [6.45, 7) is 6.78. The van der Waals surface area contributed by atoms with Gasteiger partial charge in [0.05, 0.1) is 23.8 Å². The zero-order chi connectivity index (χ0) is 23.9. The van der Waals surface area contributed by atoms with Crippen LogP contribution in [0.2, 0.25) is 5.02 Å². The number of hydrogen-bond acceptors (Lipinski definition) is 7. The zero-order valence-corrected chi connectivity index (χ0v) is 20.5. The molecular formula is C21H29BrClN5O4. The van der Waals surface area contributed by atoms with E-state index in [0.717, 1.165) is 24.0 Å². The molecule has 0 atom stereocenters. The molecule has 0 aromatic heterocycles. The Balaban J connectivity index is 0.000000350. The van der Waals surface area contributed by atoms with Crippen LogP contribution in [0.3, 0.4) is 0 Å². The van der Waals surface area contributed by atoms with Crippen LogP contribution < -0.4 is 16.5 Å². The Morgan fingerprint density at radius 2 is 1.91 bits per heavy atom. The van der Waals surface area contributed by atoms with Gasteiger partial charge in [-0.1, -0.05) is 53.5 Å². The average Bonchev–Trinajstić information content (AvgIpc) is 2.96. The van der Waals surface area contributed by atoms with Crippen LogP contribution in [0.1, 0.15) is 37.0 Å². The molecule has 1 aromatic carbocycles. The van der Waals surface area contributed by atoms with Crippen molar-refractivity contribution in [2.45, 2.75) is 32.7 Å². The van der Waals surface area contributed by atoms with Crippen molar-refractivity contribution in [2.24, 2.45) is 10.8 Å². The number of ether oxygens (including phenoxy) is 1. The van der Waals surface area contributed by atoms with Crippen LogP contribution in [0, 0.1) is 0 Å². The second-order valence-corrected chi connectivity index (χ2v) is 8.41. The van der Waals surface area contributed by atoms with Gasteiger partial charge in [-0.3, -0.25) is 19.8 Å². The summed E-state index contributed by atoms with van der Waals surface area (Å²) in [6, 6.07) is 7.08. The fraction of sp³-hybridized carbons (Fsp3) is 0.429. The number of halogens is 2. The van der Waals surface area contributed by atoms with Crippen molar-refractivity contribution in [1.29, 1.82) is 0 Å². The second-order valence-electron chi connectivity index (χ2n) is 7.04. The number of nitrogens with zero attached hydrogens (tertiary/aromatic N) is 2. The number of allylic oxidation sites excluding steroid dienone is 1. The van der Waals surface area contributed by atoms with E-state index < -0.39 is 0 Å². The highest BCUT2D eigenvalue weighted by molar-refractivity contribution is 9.11. The molecule has 2 heterocycles. The number of hydrogen-bond donors (Lipinski definition) is 3. The van der Waals surface area contributed by atoms with Crippen LogP contribution >= 0.6 is 27.5 Å². The number of morpholine rings is 1. The molecule has 0 spiro atoms. The molecule has 2 aliphatic heterocycles. The molecule has 1 aromatic rings. The van der Waals surface area contributed by atoms with Gasteiger partial charge in [0.2, 0.25) is 6.41 Å². The molecule has 9 nitrogen and oxygen atoms in total. The molecule has 32 heavy (non-hydrogen) atoms. The van der Waals surface area contributed by atoms with E-state index in [1.54, 1.807) is 29.2 Å². The van der Waals surface area contributed by atoms with E-state index in [-0.39, 0.29) is 5.91 Å². The summed E-state index contributed by atoms with van der Waals surface area (Å²) in [5.74, 6) is 0.0616. The number of nitrogens with two attached hydrogens (primary N) is 1. The fourth-order valence-electron chi connectivity index (χ4n) is 2.30. The Morgan fingerprint density at radius 1 is 1.28 bits per heavy atom. The first-order valence-electron chi connectivity index (χ1n) is 10.0. The highest BCUT2D eigenvalue weighted by Crippen LogP contribution is 2.20. The minimum atomic E-state index is -0.347.